The molecule has 20 heavy (non-hydrogen) atoms. The maximum atomic E-state index is 5.93. The van der Waals surface area contributed by atoms with Crippen molar-refractivity contribution in [3.05, 3.63) is 23.3 Å². The van der Waals surface area contributed by atoms with Crippen LogP contribution in [0.3, 0.4) is 0 Å². The smallest absolute Gasteiger partial charge is 0.131 e. The number of aromatic nitrogens is 2. The summed E-state index contributed by atoms with van der Waals surface area (Å²) in [6.45, 7) is 11.1. The molecule has 1 aliphatic carbocycles. The summed E-state index contributed by atoms with van der Waals surface area (Å²) in [5.41, 5.74) is 8.47. The van der Waals surface area contributed by atoms with Gasteiger partial charge >= 0.3 is 0 Å². The SMILES string of the molecule is Cc1nc(C2CCC(C(C)(C)C)CC2)ncc1C(C)N. The second kappa shape index (κ2) is 5.80. The van der Waals surface area contributed by atoms with E-state index in [1.165, 1.54) is 25.7 Å². The molecule has 1 aromatic heterocycles. The molecule has 0 amide bonds. The lowest BCUT2D eigenvalue weighted by Crippen LogP contribution is -2.26. The summed E-state index contributed by atoms with van der Waals surface area (Å²) in [6.07, 6.45) is 6.97. The summed E-state index contributed by atoms with van der Waals surface area (Å²) in [5.74, 6) is 2.40. The lowest BCUT2D eigenvalue weighted by Gasteiger charge is -2.36. The van der Waals surface area contributed by atoms with Crippen LogP contribution in [0.5, 0.6) is 0 Å². The van der Waals surface area contributed by atoms with Gasteiger partial charge in [-0.25, -0.2) is 9.97 Å². The topological polar surface area (TPSA) is 51.8 Å². The third-order valence-electron chi connectivity index (χ3n) is 4.84. The number of hydrogen-bond acceptors (Lipinski definition) is 3. The van der Waals surface area contributed by atoms with E-state index in [2.05, 4.69) is 25.8 Å². The zero-order valence-electron chi connectivity index (χ0n) is 13.6. The van der Waals surface area contributed by atoms with Crippen molar-refractivity contribution in [1.29, 1.82) is 0 Å². The zero-order valence-corrected chi connectivity index (χ0v) is 13.6. The normalized spacial score (nSPS) is 25.5. The largest absolute Gasteiger partial charge is 0.324 e. The first-order chi connectivity index (χ1) is 9.29. The van der Waals surface area contributed by atoms with Crippen LogP contribution in [0.25, 0.3) is 0 Å². The van der Waals surface area contributed by atoms with Gasteiger partial charge in [0.15, 0.2) is 0 Å². The van der Waals surface area contributed by atoms with Crippen molar-refractivity contribution < 1.29 is 0 Å². The molecule has 0 spiro atoms. The van der Waals surface area contributed by atoms with Gasteiger partial charge in [-0.05, 0) is 50.9 Å². The minimum absolute atomic E-state index is 0.0145. The highest BCUT2D eigenvalue weighted by Gasteiger charge is 2.31. The Labute approximate surface area is 123 Å². The number of nitrogens with zero attached hydrogens (tertiary/aromatic N) is 2. The van der Waals surface area contributed by atoms with E-state index >= 15 is 0 Å². The maximum Gasteiger partial charge on any atom is 0.131 e. The van der Waals surface area contributed by atoms with E-state index in [0.717, 1.165) is 23.0 Å². The summed E-state index contributed by atoms with van der Waals surface area (Å²) in [6, 6.07) is 0.0145. The van der Waals surface area contributed by atoms with Crippen LogP contribution in [-0.2, 0) is 0 Å². The zero-order chi connectivity index (χ0) is 14.9. The highest BCUT2D eigenvalue weighted by molar-refractivity contribution is 5.20. The molecule has 3 heteroatoms. The first-order valence-electron chi connectivity index (χ1n) is 7.88. The molecule has 0 aliphatic heterocycles. The molecule has 1 aliphatic rings. The molecule has 112 valence electrons. The van der Waals surface area contributed by atoms with E-state index in [1.807, 2.05) is 20.0 Å². The molecular weight excluding hydrogens is 246 g/mol. The first-order valence-corrected chi connectivity index (χ1v) is 7.88. The summed E-state index contributed by atoms with van der Waals surface area (Å²) in [4.78, 5) is 9.29. The van der Waals surface area contributed by atoms with Crippen LogP contribution in [0.2, 0.25) is 0 Å². The van der Waals surface area contributed by atoms with Gasteiger partial charge in [0.05, 0.1) is 0 Å². The number of hydrogen-bond donors (Lipinski definition) is 1. The van der Waals surface area contributed by atoms with Gasteiger partial charge in [-0.2, -0.15) is 0 Å². The molecule has 0 aromatic carbocycles. The Morgan fingerprint density at radius 2 is 1.80 bits per heavy atom. The Kier molecular flexibility index (Phi) is 4.48. The van der Waals surface area contributed by atoms with Crippen LogP contribution in [-0.4, -0.2) is 9.97 Å². The van der Waals surface area contributed by atoms with Crippen LogP contribution in [0.15, 0.2) is 6.20 Å². The summed E-state index contributed by atoms with van der Waals surface area (Å²) < 4.78 is 0. The van der Waals surface area contributed by atoms with Crippen LogP contribution < -0.4 is 5.73 Å². The van der Waals surface area contributed by atoms with Gasteiger partial charge in [0.25, 0.3) is 0 Å². The highest BCUT2D eigenvalue weighted by atomic mass is 14.9. The van der Waals surface area contributed by atoms with Crippen molar-refractivity contribution in [2.75, 3.05) is 0 Å². The quantitative estimate of drug-likeness (QED) is 0.883. The molecule has 1 heterocycles. The van der Waals surface area contributed by atoms with Crippen molar-refractivity contribution >= 4 is 0 Å². The van der Waals surface area contributed by atoms with E-state index in [-0.39, 0.29) is 6.04 Å². The standard InChI is InChI=1S/C17H29N3/c1-11(18)15-10-19-16(20-12(15)2)13-6-8-14(9-7-13)17(3,4)5/h10-11,13-14H,6-9,18H2,1-5H3. The fraction of sp³-hybridized carbons (Fsp3) is 0.765. The van der Waals surface area contributed by atoms with Crippen LogP contribution in [0, 0.1) is 18.3 Å². The Morgan fingerprint density at radius 1 is 1.20 bits per heavy atom. The number of nitrogens with two attached hydrogens (primary N) is 1. The monoisotopic (exact) mass is 275 g/mol. The maximum absolute atomic E-state index is 5.93. The van der Waals surface area contributed by atoms with Gasteiger partial charge in [0.1, 0.15) is 5.82 Å². The van der Waals surface area contributed by atoms with Gasteiger partial charge in [0.2, 0.25) is 0 Å². The molecule has 0 bridgehead atoms. The lowest BCUT2D eigenvalue weighted by molar-refractivity contribution is 0.167. The molecule has 3 nitrogen and oxygen atoms in total. The first kappa shape index (κ1) is 15.4. The molecule has 1 unspecified atom stereocenters. The molecule has 1 atom stereocenters. The van der Waals surface area contributed by atoms with Gasteiger partial charge in [-0.1, -0.05) is 20.8 Å². The molecule has 0 saturated heterocycles. The van der Waals surface area contributed by atoms with E-state index in [4.69, 9.17) is 10.7 Å². The minimum atomic E-state index is 0.0145. The lowest BCUT2D eigenvalue weighted by atomic mass is 9.69. The molecule has 0 radical (unpaired) electrons. The summed E-state index contributed by atoms with van der Waals surface area (Å²) in [5, 5.41) is 0. The van der Waals surface area contributed by atoms with E-state index in [0.29, 0.717) is 11.3 Å². The third kappa shape index (κ3) is 3.38. The van der Waals surface area contributed by atoms with E-state index in [1.54, 1.807) is 0 Å². The van der Waals surface area contributed by atoms with Crippen LogP contribution in [0.1, 0.15) is 82.4 Å². The van der Waals surface area contributed by atoms with Gasteiger partial charge in [0, 0.05) is 29.4 Å². The average Bonchev–Trinajstić information content (AvgIpc) is 2.37. The highest BCUT2D eigenvalue weighted by Crippen LogP contribution is 2.42. The fourth-order valence-electron chi connectivity index (χ4n) is 3.36. The number of rotatable bonds is 2. The Morgan fingerprint density at radius 3 is 2.25 bits per heavy atom. The van der Waals surface area contributed by atoms with Crippen molar-refractivity contribution in [2.45, 2.75) is 72.3 Å². The Bertz CT molecular complexity index is 452. The molecular formula is C17H29N3. The Balaban J connectivity index is 2.06. The van der Waals surface area contributed by atoms with Gasteiger partial charge < -0.3 is 5.73 Å². The molecule has 1 aromatic rings. The molecule has 2 N–H and O–H groups in total. The molecule has 2 rings (SSSR count). The van der Waals surface area contributed by atoms with Gasteiger partial charge in [-0.3, -0.25) is 0 Å². The number of aryl methyl sites for hydroxylation is 1. The van der Waals surface area contributed by atoms with Crippen LogP contribution in [0.4, 0.5) is 0 Å². The summed E-state index contributed by atoms with van der Waals surface area (Å²) in [7, 11) is 0. The predicted molar refractivity (Wildman–Crippen MR) is 83.5 cm³/mol. The predicted octanol–water partition coefficient (Wildman–Crippen LogP) is 4.12. The van der Waals surface area contributed by atoms with Crippen LogP contribution >= 0.6 is 0 Å². The fourth-order valence-corrected chi connectivity index (χ4v) is 3.36. The van der Waals surface area contributed by atoms with E-state index in [9.17, 15) is 0 Å². The Hall–Kier alpha value is -0.960. The second-order valence-corrected chi connectivity index (χ2v) is 7.47. The second-order valence-electron chi connectivity index (χ2n) is 7.47. The van der Waals surface area contributed by atoms with Crippen molar-refractivity contribution in [3.63, 3.8) is 0 Å². The molecule has 1 saturated carbocycles. The minimum Gasteiger partial charge on any atom is -0.324 e. The molecule has 1 fully saturated rings. The summed E-state index contributed by atoms with van der Waals surface area (Å²) >= 11 is 0. The average molecular weight is 275 g/mol. The van der Waals surface area contributed by atoms with Crippen molar-refractivity contribution in [2.24, 2.45) is 17.1 Å². The van der Waals surface area contributed by atoms with E-state index < -0.39 is 0 Å². The van der Waals surface area contributed by atoms with Gasteiger partial charge in [-0.15, -0.1) is 0 Å². The van der Waals surface area contributed by atoms with Crippen molar-refractivity contribution in [3.8, 4) is 0 Å². The third-order valence-corrected chi connectivity index (χ3v) is 4.84. The van der Waals surface area contributed by atoms with Crippen molar-refractivity contribution in [1.82, 2.24) is 9.97 Å².